The number of methoxy groups -OCH3 is 2. The van der Waals surface area contributed by atoms with Crippen molar-refractivity contribution in [1.82, 2.24) is 4.57 Å². The summed E-state index contributed by atoms with van der Waals surface area (Å²) in [7, 11) is 3.16. The highest BCUT2D eigenvalue weighted by molar-refractivity contribution is 6.05. The van der Waals surface area contributed by atoms with E-state index >= 15 is 0 Å². The summed E-state index contributed by atoms with van der Waals surface area (Å²) in [6.45, 7) is 1.51. The number of aromatic nitrogens is 1. The minimum atomic E-state index is -0.102. The van der Waals surface area contributed by atoms with E-state index in [9.17, 15) is 9.90 Å². The zero-order valence-electron chi connectivity index (χ0n) is 13.2. The maximum absolute atomic E-state index is 12.0. The van der Waals surface area contributed by atoms with Gasteiger partial charge >= 0.3 is 0 Å². The summed E-state index contributed by atoms with van der Waals surface area (Å²) >= 11 is 0. The summed E-state index contributed by atoms with van der Waals surface area (Å²) in [6.07, 6.45) is 1.78. The van der Waals surface area contributed by atoms with E-state index in [1.807, 2.05) is 6.07 Å². The number of ether oxygens (including phenoxy) is 2. The Bertz CT molecular complexity index is 878. The van der Waals surface area contributed by atoms with Gasteiger partial charge in [-0.2, -0.15) is 0 Å². The van der Waals surface area contributed by atoms with Crippen molar-refractivity contribution in [3.63, 3.8) is 0 Å². The lowest BCUT2D eigenvalue weighted by Crippen LogP contribution is -2.03. The van der Waals surface area contributed by atoms with Crippen LogP contribution in [-0.2, 0) is 0 Å². The van der Waals surface area contributed by atoms with Crippen LogP contribution >= 0.6 is 0 Å². The minimum Gasteiger partial charge on any atom is -0.508 e. The minimum absolute atomic E-state index is 0.102. The van der Waals surface area contributed by atoms with Crippen molar-refractivity contribution in [2.45, 2.75) is 6.92 Å². The molecule has 23 heavy (non-hydrogen) atoms. The van der Waals surface area contributed by atoms with Gasteiger partial charge in [0.05, 0.1) is 25.1 Å². The van der Waals surface area contributed by atoms with Gasteiger partial charge in [-0.05, 0) is 17.7 Å². The summed E-state index contributed by atoms with van der Waals surface area (Å²) in [4.78, 5) is 12.0. The Morgan fingerprint density at radius 3 is 2.35 bits per heavy atom. The van der Waals surface area contributed by atoms with Crippen LogP contribution in [0.25, 0.3) is 22.0 Å². The number of fused-ring (bicyclic) bond motifs is 1. The molecule has 0 amide bonds. The van der Waals surface area contributed by atoms with Crippen molar-refractivity contribution in [3.05, 3.63) is 42.6 Å². The molecule has 0 radical (unpaired) electrons. The number of hydrogen-bond donors (Lipinski definition) is 1. The first-order chi connectivity index (χ1) is 11.0. The monoisotopic (exact) mass is 311 g/mol. The first-order valence-corrected chi connectivity index (χ1v) is 7.12. The van der Waals surface area contributed by atoms with Crippen molar-refractivity contribution in [1.29, 1.82) is 0 Å². The molecule has 2 aromatic carbocycles. The van der Waals surface area contributed by atoms with Gasteiger partial charge in [-0.25, -0.2) is 0 Å². The lowest BCUT2D eigenvalue weighted by atomic mass is 10.0. The van der Waals surface area contributed by atoms with E-state index in [1.165, 1.54) is 6.92 Å². The Balaban J connectivity index is 2.38. The molecular formula is C18H17NO4. The van der Waals surface area contributed by atoms with Crippen LogP contribution in [0.5, 0.6) is 17.2 Å². The molecule has 0 atom stereocenters. The first kappa shape index (κ1) is 15.0. The maximum Gasteiger partial charge on any atom is 0.227 e. The van der Waals surface area contributed by atoms with Crippen LogP contribution in [0, 0.1) is 0 Å². The number of hydrogen-bond acceptors (Lipinski definition) is 4. The first-order valence-electron chi connectivity index (χ1n) is 7.12. The van der Waals surface area contributed by atoms with Crippen molar-refractivity contribution in [2.24, 2.45) is 0 Å². The molecule has 0 aliphatic rings. The summed E-state index contributed by atoms with van der Waals surface area (Å²) in [5.74, 6) is 1.34. The molecule has 3 rings (SSSR count). The fraction of sp³-hybridized carbons (Fsp3) is 0.167. The molecule has 1 N–H and O–H groups in total. The number of carbonyl (C=O) groups excluding carboxylic acids is 1. The molecular weight excluding hydrogens is 294 g/mol. The third-order valence-corrected chi connectivity index (χ3v) is 3.82. The molecule has 118 valence electrons. The molecule has 0 saturated carbocycles. The second-order valence-corrected chi connectivity index (χ2v) is 5.20. The topological polar surface area (TPSA) is 60.7 Å². The summed E-state index contributed by atoms with van der Waals surface area (Å²) < 4.78 is 12.4. The third-order valence-electron chi connectivity index (χ3n) is 3.82. The van der Waals surface area contributed by atoms with Crippen LogP contribution < -0.4 is 9.47 Å². The lowest BCUT2D eigenvalue weighted by Gasteiger charge is -2.09. The van der Waals surface area contributed by atoms with E-state index in [4.69, 9.17) is 9.47 Å². The van der Waals surface area contributed by atoms with Crippen LogP contribution in [-0.4, -0.2) is 29.8 Å². The predicted molar refractivity (Wildman–Crippen MR) is 88.4 cm³/mol. The standard InChI is InChI=1S/C18H17NO4/c1-11(20)19-10-15(12-4-6-13(21)7-5-12)18-16(19)8-14(22-2)9-17(18)23-3/h4-10,21H,1-3H3. The fourth-order valence-electron chi connectivity index (χ4n) is 2.70. The molecule has 0 spiro atoms. The van der Waals surface area contributed by atoms with Gasteiger partial charge < -0.3 is 14.6 Å². The molecule has 0 bridgehead atoms. The normalized spacial score (nSPS) is 10.7. The van der Waals surface area contributed by atoms with E-state index in [2.05, 4.69) is 0 Å². The lowest BCUT2D eigenvalue weighted by molar-refractivity contribution is 0.0941. The highest BCUT2D eigenvalue weighted by Gasteiger charge is 2.18. The van der Waals surface area contributed by atoms with Gasteiger partial charge in [0.25, 0.3) is 0 Å². The number of phenolic OH excluding ortho intramolecular Hbond substituents is 1. The van der Waals surface area contributed by atoms with E-state index in [0.29, 0.717) is 11.5 Å². The number of nitrogens with zero attached hydrogens (tertiary/aromatic N) is 1. The van der Waals surface area contributed by atoms with Gasteiger partial charge in [-0.15, -0.1) is 0 Å². The molecule has 5 nitrogen and oxygen atoms in total. The SMILES string of the molecule is COc1cc(OC)c2c(-c3ccc(O)cc3)cn(C(C)=O)c2c1. The Hall–Kier alpha value is -2.95. The third kappa shape index (κ3) is 2.50. The number of aromatic hydroxyl groups is 1. The number of rotatable bonds is 3. The van der Waals surface area contributed by atoms with E-state index in [1.54, 1.807) is 55.3 Å². The average Bonchev–Trinajstić information content (AvgIpc) is 2.94. The second-order valence-electron chi connectivity index (χ2n) is 5.20. The Morgan fingerprint density at radius 1 is 1.09 bits per heavy atom. The predicted octanol–water partition coefficient (Wildman–Crippen LogP) is 3.69. The number of carbonyl (C=O) groups is 1. The molecule has 3 aromatic rings. The van der Waals surface area contributed by atoms with Crippen LogP contribution in [0.15, 0.2) is 42.6 Å². The van der Waals surface area contributed by atoms with Crippen LogP contribution in [0.2, 0.25) is 0 Å². The van der Waals surface area contributed by atoms with Gasteiger partial charge in [-0.3, -0.25) is 9.36 Å². The highest BCUT2D eigenvalue weighted by atomic mass is 16.5. The molecule has 0 aliphatic heterocycles. The highest BCUT2D eigenvalue weighted by Crippen LogP contribution is 2.40. The zero-order chi connectivity index (χ0) is 16.6. The summed E-state index contributed by atoms with van der Waals surface area (Å²) in [5, 5.41) is 10.3. The van der Waals surface area contributed by atoms with Crippen molar-refractivity contribution in [2.75, 3.05) is 14.2 Å². The smallest absolute Gasteiger partial charge is 0.227 e. The number of phenols is 1. The summed E-state index contributed by atoms with van der Waals surface area (Å²) in [5.41, 5.74) is 2.46. The number of benzene rings is 2. The zero-order valence-corrected chi connectivity index (χ0v) is 13.2. The second kappa shape index (κ2) is 5.68. The van der Waals surface area contributed by atoms with Gasteiger partial charge in [0.2, 0.25) is 5.91 Å². The van der Waals surface area contributed by atoms with Crippen molar-refractivity contribution >= 4 is 16.8 Å². The Kier molecular flexibility index (Phi) is 3.70. The van der Waals surface area contributed by atoms with Crippen molar-refractivity contribution < 1.29 is 19.4 Å². The molecule has 1 heterocycles. The molecule has 0 saturated heterocycles. The Labute approximate surface area is 133 Å². The van der Waals surface area contributed by atoms with E-state index in [0.717, 1.165) is 22.0 Å². The van der Waals surface area contributed by atoms with Crippen molar-refractivity contribution in [3.8, 4) is 28.4 Å². The molecule has 1 aromatic heterocycles. The molecule has 0 unspecified atom stereocenters. The molecule has 0 aliphatic carbocycles. The van der Waals surface area contributed by atoms with Crippen LogP contribution in [0.3, 0.4) is 0 Å². The average molecular weight is 311 g/mol. The largest absolute Gasteiger partial charge is 0.508 e. The van der Waals surface area contributed by atoms with Gasteiger partial charge in [-0.1, -0.05) is 12.1 Å². The van der Waals surface area contributed by atoms with Gasteiger partial charge in [0.1, 0.15) is 17.2 Å². The van der Waals surface area contributed by atoms with Crippen LogP contribution in [0.4, 0.5) is 0 Å². The quantitative estimate of drug-likeness (QED) is 0.801. The fourth-order valence-corrected chi connectivity index (χ4v) is 2.70. The van der Waals surface area contributed by atoms with E-state index < -0.39 is 0 Å². The Morgan fingerprint density at radius 2 is 1.78 bits per heavy atom. The van der Waals surface area contributed by atoms with Gasteiger partial charge in [0.15, 0.2) is 0 Å². The summed E-state index contributed by atoms with van der Waals surface area (Å²) in [6, 6.07) is 10.4. The molecule has 5 heteroatoms. The van der Waals surface area contributed by atoms with Crippen LogP contribution in [0.1, 0.15) is 11.7 Å². The van der Waals surface area contributed by atoms with Gasteiger partial charge in [0, 0.05) is 30.8 Å². The van der Waals surface area contributed by atoms with E-state index in [-0.39, 0.29) is 11.7 Å². The maximum atomic E-state index is 12.0. The molecule has 0 fully saturated rings.